The summed E-state index contributed by atoms with van der Waals surface area (Å²) in [5.74, 6) is 0.440. The van der Waals surface area contributed by atoms with Gasteiger partial charge in [0.05, 0.1) is 0 Å². The van der Waals surface area contributed by atoms with E-state index in [1.54, 1.807) is 24.3 Å². The molecule has 26 heavy (non-hydrogen) atoms. The van der Waals surface area contributed by atoms with E-state index in [1.807, 2.05) is 54.3 Å². The topological polar surface area (TPSA) is 58.1 Å². The lowest BCUT2D eigenvalue weighted by atomic mass is 10.2. The van der Waals surface area contributed by atoms with Crippen molar-refractivity contribution in [2.24, 2.45) is 0 Å². The molecule has 0 fully saturated rings. The number of carbonyl (C=O) groups is 1. The summed E-state index contributed by atoms with van der Waals surface area (Å²) in [5, 5.41) is 11.8. The number of rotatable bonds is 6. The quantitative estimate of drug-likeness (QED) is 0.709. The van der Waals surface area contributed by atoms with Crippen LogP contribution in [0.15, 0.2) is 66.7 Å². The Morgan fingerprint density at radius 3 is 2.35 bits per heavy atom. The van der Waals surface area contributed by atoms with Crippen molar-refractivity contribution >= 4 is 29.0 Å². The van der Waals surface area contributed by atoms with Crippen LogP contribution in [0.3, 0.4) is 0 Å². The highest BCUT2D eigenvalue weighted by molar-refractivity contribution is 6.30. The molecule has 1 amide bonds. The van der Waals surface area contributed by atoms with Crippen LogP contribution in [-0.4, -0.2) is 22.6 Å². The number of hydrogen-bond acceptors (Lipinski definition) is 4. The van der Waals surface area contributed by atoms with Gasteiger partial charge in [0.2, 0.25) is 0 Å². The summed E-state index contributed by atoms with van der Waals surface area (Å²) in [4.78, 5) is 14.3. The number of anilines is 2. The van der Waals surface area contributed by atoms with Crippen molar-refractivity contribution in [3.05, 3.63) is 83.0 Å². The number of carbonyl (C=O) groups excluding carboxylic acids is 1. The van der Waals surface area contributed by atoms with Crippen molar-refractivity contribution in [3.8, 4) is 0 Å². The van der Waals surface area contributed by atoms with E-state index in [9.17, 15) is 4.79 Å². The zero-order valence-corrected chi connectivity index (χ0v) is 15.1. The molecule has 0 aliphatic heterocycles. The minimum atomic E-state index is -0.262. The van der Waals surface area contributed by atoms with Gasteiger partial charge in [0.15, 0.2) is 11.5 Å². The van der Waals surface area contributed by atoms with Gasteiger partial charge in [-0.15, -0.1) is 10.2 Å². The molecule has 3 rings (SSSR count). The fourth-order valence-electron chi connectivity index (χ4n) is 2.55. The van der Waals surface area contributed by atoms with E-state index in [4.69, 9.17) is 11.6 Å². The normalized spacial score (nSPS) is 10.4. The highest BCUT2D eigenvalue weighted by Crippen LogP contribution is 2.22. The van der Waals surface area contributed by atoms with E-state index in [-0.39, 0.29) is 11.6 Å². The fraction of sp³-hybridized carbons (Fsp3) is 0.150. The Kier molecular flexibility index (Phi) is 5.81. The molecule has 0 aliphatic carbocycles. The van der Waals surface area contributed by atoms with Crippen LogP contribution in [0.4, 0.5) is 11.5 Å². The first-order chi connectivity index (χ1) is 12.7. The van der Waals surface area contributed by atoms with Crippen molar-refractivity contribution in [1.82, 2.24) is 15.5 Å². The van der Waals surface area contributed by atoms with Gasteiger partial charge in [0.1, 0.15) is 0 Å². The summed E-state index contributed by atoms with van der Waals surface area (Å²) in [5.41, 5.74) is 2.28. The van der Waals surface area contributed by atoms with Gasteiger partial charge in [0, 0.05) is 23.8 Å². The van der Waals surface area contributed by atoms with Crippen LogP contribution >= 0.6 is 11.6 Å². The first kappa shape index (κ1) is 17.9. The standard InChI is InChI=1S/C20H19ClN4O/c1-2-25(17-6-4-3-5-7-17)19-13-12-18(23-24-19)20(26)22-14-15-8-10-16(21)11-9-15/h3-13H,2,14H2,1H3,(H,22,26). The minimum Gasteiger partial charge on any atom is -0.347 e. The zero-order valence-electron chi connectivity index (χ0n) is 14.4. The van der Waals surface area contributed by atoms with Gasteiger partial charge < -0.3 is 10.2 Å². The molecule has 0 radical (unpaired) electrons. The molecular formula is C20H19ClN4O. The van der Waals surface area contributed by atoms with Gasteiger partial charge in [-0.05, 0) is 48.9 Å². The maximum atomic E-state index is 12.3. The Morgan fingerprint density at radius 1 is 1.00 bits per heavy atom. The summed E-state index contributed by atoms with van der Waals surface area (Å²) in [6.45, 7) is 3.20. The van der Waals surface area contributed by atoms with Gasteiger partial charge in [-0.3, -0.25) is 4.79 Å². The SMILES string of the molecule is CCN(c1ccccc1)c1ccc(C(=O)NCc2ccc(Cl)cc2)nn1. The van der Waals surface area contributed by atoms with E-state index in [0.717, 1.165) is 17.8 Å². The minimum absolute atomic E-state index is 0.262. The van der Waals surface area contributed by atoms with Gasteiger partial charge in [-0.25, -0.2) is 0 Å². The second-order valence-electron chi connectivity index (χ2n) is 5.67. The van der Waals surface area contributed by atoms with Crippen molar-refractivity contribution < 1.29 is 4.79 Å². The summed E-state index contributed by atoms with van der Waals surface area (Å²) in [6, 6.07) is 20.8. The molecule has 1 N–H and O–H groups in total. The van der Waals surface area contributed by atoms with Gasteiger partial charge in [0.25, 0.3) is 5.91 Å². The largest absolute Gasteiger partial charge is 0.347 e. The molecule has 6 heteroatoms. The number of halogens is 1. The van der Waals surface area contributed by atoms with Gasteiger partial charge in [-0.1, -0.05) is 41.9 Å². The molecule has 3 aromatic rings. The lowest BCUT2D eigenvalue weighted by Crippen LogP contribution is -2.25. The highest BCUT2D eigenvalue weighted by Gasteiger charge is 2.12. The molecule has 5 nitrogen and oxygen atoms in total. The molecule has 1 heterocycles. The van der Waals surface area contributed by atoms with Gasteiger partial charge >= 0.3 is 0 Å². The van der Waals surface area contributed by atoms with E-state index in [0.29, 0.717) is 17.4 Å². The van der Waals surface area contributed by atoms with Crippen LogP contribution in [-0.2, 0) is 6.54 Å². The Hall–Kier alpha value is -2.92. The van der Waals surface area contributed by atoms with Gasteiger partial charge in [-0.2, -0.15) is 0 Å². The summed E-state index contributed by atoms with van der Waals surface area (Å²) >= 11 is 5.86. The summed E-state index contributed by atoms with van der Waals surface area (Å²) in [6.07, 6.45) is 0. The molecule has 1 aromatic heterocycles. The van der Waals surface area contributed by atoms with Crippen LogP contribution in [0.25, 0.3) is 0 Å². The second kappa shape index (κ2) is 8.45. The third kappa shape index (κ3) is 4.37. The first-order valence-electron chi connectivity index (χ1n) is 8.36. The number of para-hydroxylation sites is 1. The monoisotopic (exact) mass is 366 g/mol. The lowest BCUT2D eigenvalue weighted by Gasteiger charge is -2.21. The Labute approximate surface area is 157 Å². The smallest absolute Gasteiger partial charge is 0.272 e. The second-order valence-corrected chi connectivity index (χ2v) is 6.10. The summed E-state index contributed by atoms with van der Waals surface area (Å²) < 4.78 is 0. The third-order valence-electron chi connectivity index (χ3n) is 3.91. The maximum absolute atomic E-state index is 12.3. The molecule has 0 unspecified atom stereocenters. The third-order valence-corrected chi connectivity index (χ3v) is 4.16. The molecule has 0 spiro atoms. The van der Waals surface area contributed by atoms with E-state index < -0.39 is 0 Å². The van der Waals surface area contributed by atoms with Crippen molar-refractivity contribution in [2.75, 3.05) is 11.4 Å². The number of hydrogen-bond donors (Lipinski definition) is 1. The first-order valence-corrected chi connectivity index (χ1v) is 8.74. The number of nitrogens with zero attached hydrogens (tertiary/aromatic N) is 3. The number of amides is 1. The van der Waals surface area contributed by atoms with Crippen LogP contribution in [0.5, 0.6) is 0 Å². The van der Waals surface area contributed by atoms with Crippen molar-refractivity contribution in [1.29, 1.82) is 0 Å². The Balaban J connectivity index is 1.66. The predicted molar refractivity (Wildman–Crippen MR) is 104 cm³/mol. The lowest BCUT2D eigenvalue weighted by molar-refractivity contribution is 0.0945. The molecule has 2 aromatic carbocycles. The maximum Gasteiger partial charge on any atom is 0.272 e. The van der Waals surface area contributed by atoms with Crippen LogP contribution < -0.4 is 10.2 Å². The predicted octanol–water partition coefficient (Wildman–Crippen LogP) is 4.22. The molecule has 0 bridgehead atoms. The Bertz CT molecular complexity index is 851. The van der Waals surface area contributed by atoms with E-state index in [2.05, 4.69) is 15.5 Å². The number of nitrogens with one attached hydrogen (secondary N) is 1. The molecular weight excluding hydrogens is 348 g/mol. The molecule has 0 saturated heterocycles. The average molecular weight is 367 g/mol. The fourth-order valence-corrected chi connectivity index (χ4v) is 2.68. The van der Waals surface area contributed by atoms with Crippen LogP contribution in [0, 0.1) is 0 Å². The molecule has 0 aliphatic rings. The molecule has 0 saturated carbocycles. The Morgan fingerprint density at radius 2 is 1.73 bits per heavy atom. The number of benzene rings is 2. The zero-order chi connectivity index (χ0) is 18.4. The average Bonchev–Trinajstić information content (AvgIpc) is 2.69. The van der Waals surface area contributed by atoms with Crippen molar-refractivity contribution in [2.45, 2.75) is 13.5 Å². The summed E-state index contributed by atoms with van der Waals surface area (Å²) in [7, 11) is 0. The number of aromatic nitrogens is 2. The van der Waals surface area contributed by atoms with Crippen LogP contribution in [0.2, 0.25) is 5.02 Å². The van der Waals surface area contributed by atoms with E-state index in [1.165, 1.54) is 0 Å². The molecule has 0 atom stereocenters. The highest BCUT2D eigenvalue weighted by atomic mass is 35.5. The van der Waals surface area contributed by atoms with E-state index >= 15 is 0 Å². The molecule has 132 valence electrons. The van der Waals surface area contributed by atoms with Crippen LogP contribution in [0.1, 0.15) is 23.0 Å². The van der Waals surface area contributed by atoms with Crippen molar-refractivity contribution in [3.63, 3.8) is 0 Å².